The molecular formula is C11H15N3O3S. The zero-order chi connectivity index (χ0) is 13.0. The van der Waals surface area contributed by atoms with Gasteiger partial charge in [-0.2, -0.15) is 0 Å². The van der Waals surface area contributed by atoms with Crippen molar-refractivity contribution in [3.63, 3.8) is 0 Å². The molecule has 1 aliphatic heterocycles. The molecule has 1 aromatic rings. The van der Waals surface area contributed by atoms with Gasteiger partial charge in [0.25, 0.3) is 5.69 Å². The summed E-state index contributed by atoms with van der Waals surface area (Å²) < 4.78 is 12.0. The van der Waals surface area contributed by atoms with Crippen LogP contribution in [-0.2, 0) is 10.8 Å². The number of hydrogen-bond donors (Lipinski definition) is 1. The van der Waals surface area contributed by atoms with Crippen molar-refractivity contribution in [3.05, 3.63) is 28.4 Å². The molecule has 1 saturated heterocycles. The van der Waals surface area contributed by atoms with Gasteiger partial charge in [-0.3, -0.25) is 14.3 Å². The summed E-state index contributed by atoms with van der Waals surface area (Å²) in [6.07, 6.45) is 4.50. The van der Waals surface area contributed by atoms with Crippen LogP contribution in [0.2, 0.25) is 0 Å². The van der Waals surface area contributed by atoms with Gasteiger partial charge in [0.1, 0.15) is 11.2 Å². The van der Waals surface area contributed by atoms with Crippen molar-refractivity contribution >= 4 is 16.5 Å². The van der Waals surface area contributed by atoms with Gasteiger partial charge < -0.3 is 5.32 Å². The highest BCUT2D eigenvalue weighted by molar-refractivity contribution is 7.85. The first-order valence-electron chi connectivity index (χ1n) is 5.89. The molecule has 0 bridgehead atoms. The lowest BCUT2D eigenvalue weighted by Crippen LogP contribution is -2.38. The van der Waals surface area contributed by atoms with Crippen molar-refractivity contribution in [2.75, 3.05) is 12.3 Å². The van der Waals surface area contributed by atoms with Crippen LogP contribution in [0.3, 0.4) is 0 Å². The highest BCUT2D eigenvalue weighted by Gasteiger charge is 2.17. The van der Waals surface area contributed by atoms with Gasteiger partial charge in [0, 0.05) is 17.9 Å². The molecule has 0 radical (unpaired) electrons. The second-order valence-electron chi connectivity index (χ2n) is 4.27. The van der Waals surface area contributed by atoms with E-state index in [9.17, 15) is 14.3 Å². The Hall–Kier alpha value is -1.34. The van der Waals surface area contributed by atoms with Crippen LogP contribution in [0, 0.1) is 10.1 Å². The average molecular weight is 269 g/mol. The maximum atomic E-state index is 12.0. The van der Waals surface area contributed by atoms with Crippen molar-refractivity contribution in [1.82, 2.24) is 10.3 Å². The fourth-order valence-electron chi connectivity index (χ4n) is 1.95. The third kappa shape index (κ3) is 3.33. The summed E-state index contributed by atoms with van der Waals surface area (Å²) in [6.45, 7) is 0.968. The predicted octanol–water partition coefficient (Wildman–Crippen LogP) is 1.24. The van der Waals surface area contributed by atoms with Crippen LogP contribution < -0.4 is 5.32 Å². The predicted molar refractivity (Wildman–Crippen MR) is 67.8 cm³/mol. The first kappa shape index (κ1) is 13.1. The van der Waals surface area contributed by atoms with E-state index in [1.165, 1.54) is 18.6 Å². The van der Waals surface area contributed by atoms with Crippen LogP contribution in [0.15, 0.2) is 23.4 Å². The average Bonchev–Trinajstić information content (AvgIpc) is 2.40. The number of piperidine rings is 1. The Morgan fingerprint density at radius 1 is 1.50 bits per heavy atom. The molecule has 1 N–H and O–H groups in total. The summed E-state index contributed by atoms with van der Waals surface area (Å²) >= 11 is 0. The van der Waals surface area contributed by atoms with Crippen molar-refractivity contribution in [2.45, 2.75) is 30.3 Å². The molecule has 6 nitrogen and oxygen atoms in total. The summed E-state index contributed by atoms with van der Waals surface area (Å²) in [5, 5.41) is 14.2. The van der Waals surface area contributed by atoms with Gasteiger partial charge in [-0.05, 0) is 25.5 Å². The van der Waals surface area contributed by atoms with E-state index in [0.29, 0.717) is 10.8 Å². The maximum absolute atomic E-state index is 12.0. The minimum atomic E-state index is -1.20. The van der Waals surface area contributed by atoms with E-state index in [2.05, 4.69) is 10.3 Å². The van der Waals surface area contributed by atoms with Crippen LogP contribution in [0.4, 0.5) is 5.69 Å². The third-order valence-corrected chi connectivity index (χ3v) is 4.34. The molecule has 0 aliphatic carbocycles. The summed E-state index contributed by atoms with van der Waals surface area (Å²) in [7, 11) is -1.20. The molecule has 1 aliphatic rings. The van der Waals surface area contributed by atoms with Gasteiger partial charge in [0.15, 0.2) is 0 Å². The summed E-state index contributed by atoms with van der Waals surface area (Å²) in [4.78, 5) is 13.9. The number of rotatable bonds is 4. The standard InChI is InChI=1S/C11H15N3O3S/c15-14(16)10-4-5-11(13-7-10)18(17)8-9-3-1-2-6-12-9/h4-5,7,9,12H,1-3,6,8H2/t9-,18+/m1/s1. The summed E-state index contributed by atoms with van der Waals surface area (Å²) in [6, 6.07) is 3.07. The first-order chi connectivity index (χ1) is 8.66. The molecule has 0 unspecified atom stereocenters. The van der Waals surface area contributed by atoms with E-state index in [-0.39, 0.29) is 11.7 Å². The molecule has 0 amide bonds. The second kappa shape index (κ2) is 6.01. The second-order valence-corrected chi connectivity index (χ2v) is 5.71. The number of pyridine rings is 1. The number of nitro groups is 1. The molecule has 0 spiro atoms. The highest BCUT2D eigenvalue weighted by atomic mass is 32.2. The van der Waals surface area contributed by atoms with Crippen LogP contribution >= 0.6 is 0 Å². The van der Waals surface area contributed by atoms with Gasteiger partial charge in [-0.1, -0.05) is 6.42 Å². The minimum Gasteiger partial charge on any atom is -0.313 e. The monoisotopic (exact) mass is 269 g/mol. The molecule has 0 aromatic carbocycles. The number of aromatic nitrogens is 1. The molecule has 2 heterocycles. The van der Waals surface area contributed by atoms with Crippen molar-refractivity contribution in [2.24, 2.45) is 0 Å². The zero-order valence-electron chi connectivity index (χ0n) is 9.87. The molecular weight excluding hydrogens is 254 g/mol. The van der Waals surface area contributed by atoms with Crippen molar-refractivity contribution in [1.29, 1.82) is 0 Å². The Bertz CT molecular complexity index is 443. The molecule has 2 atom stereocenters. The van der Waals surface area contributed by atoms with Crippen LogP contribution in [-0.4, -0.2) is 32.5 Å². The Balaban J connectivity index is 1.97. The maximum Gasteiger partial charge on any atom is 0.287 e. The van der Waals surface area contributed by atoms with E-state index in [0.717, 1.165) is 25.6 Å². The minimum absolute atomic E-state index is 0.0773. The fraction of sp³-hybridized carbons (Fsp3) is 0.545. The van der Waals surface area contributed by atoms with Crippen molar-refractivity contribution in [3.8, 4) is 0 Å². The van der Waals surface area contributed by atoms with Gasteiger partial charge in [-0.25, -0.2) is 4.98 Å². The Labute approximate surface area is 107 Å². The molecule has 2 rings (SSSR count). The van der Waals surface area contributed by atoms with E-state index in [1.807, 2.05) is 0 Å². The van der Waals surface area contributed by atoms with Gasteiger partial charge in [0.05, 0.1) is 15.7 Å². The summed E-state index contributed by atoms with van der Waals surface area (Å²) in [5.74, 6) is 0.519. The Morgan fingerprint density at radius 3 is 2.89 bits per heavy atom. The van der Waals surface area contributed by atoms with Crippen molar-refractivity contribution < 1.29 is 9.13 Å². The zero-order valence-corrected chi connectivity index (χ0v) is 10.7. The SMILES string of the molecule is O=[N+]([O-])c1ccc([S@@](=O)C[C@H]2CCCCN2)nc1. The highest BCUT2D eigenvalue weighted by Crippen LogP contribution is 2.14. The lowest BCUT2D eigenvalue weighted by atomic mass is 10.1. The van der Waals surface area contributed by atoms with Gasteiger partial charge in [-0.15, -0.1) is 0 Å². The van der Waals surface area contributed by atoms with Gasteiger partial charge in [0.2, 0.25) is 0 Å². The van der Waals surface area contributed by atoms with Crippen LogP contribution in [0.5, 0.6) is 0 Å². The topological polar surface area (TPSA) is 85.1 Å². The fourth-order valence-corrected chi connectivity index (χ4v) is 3.16. The Morgan fingerprint density at radius 2 is 2.33 bits per heavy atom. The van der Waals surface area contributed by atoms with E-state index in [4.69, 9.17) is 0 Å². The molecule has 1 fully saturated rings. The molecule has 98 valence electrons. The van der Waals surface area contributed by atoms with Crippen LogP contribution in [0.1, 0.15) is 19.3 Å². The quantitative estimate of drug-likeness (QED) is 0.656. The Kier molecular flexibility index (Phi) is 4.38. The van der Waals surface area contributed by atoms with Gasteiger partial charge >= 0.3 is 0 Å². The van der Waals surface area contributed by atoms with E-state index < -0.39 is 15.7 Å². The molecule has 18 heavy (non-hydrogen) atoms. The largest absolute Gasteiger partial charge is 0.313 e. The lowest BCUT2D eigenvalue weighted by molar-refractivity contribution is -0.385. The van der Waals surface area contributed by atoms with Crippen LogP contribution in [0.25, 0.3) is 0 Å². The molecule has 1 aromatic heterocycles. The normalized spacial score (nSPS) is 21.4. The van der Waals surface area contributed by atoms with E-state index in [1.54, 1.807) is 0 Å². The first-order valence-corrected chi connectivity index (χ1v) is 7.21. The number of hydrogen-bond acceptors (Lipinski definition) is 5. The van der Waals surface area contributed by atoms with E-state index >= 15 is 0 Å². The number of nitrogens with one attached hydrogen (secondary N) is 1. The number of nitrogens with zero attached hydrogens (tertiary/aromatic N) is 2. The molecule has 0 saturated carbocycles. The third-order valence-electron chi connectivity index (χ3n) is 2.93. The smallest absolute Gasteiger partial charge is 0.287 e. The lowest BCUT2D eigenvalue weighted by Gasteiger charge is -2.22. The summed E-state index contributed by atoms with van der Waals surface area (Å²) in [5.41, 5.74) is -0.0773. The molecule has 7 heteroatoms.